The van der Waals surface area contributed by atoms with Crippen molar-refractivity contribution in [2.45, 2.75) is 30.7 Å². The van der Waals surface area contributed by atoms with Crippen LogP contribution in [0.5, 0.6) is 0 Å². The Kier molecular flexibility index (Phi) is 3.21. The van der Waals surface area contributed by atoms with E-state index in [0.717, 1.165) is 12.1 Å². The van der Waals surface area contributed by atoms with Gasteiger partial charge in [-0.15, -0.1) is 0 Å². The van der Waals surface area contributed by atoms with E-state index in [4.69, 9.17) is 0 Å². The van der Waals surface area contributed by atoms with Gasteiger partial charge in [-0.05, 0) is 24.6 Å². The summed E-state index contributed by atoms with van der Waals surface area (Å²) >= 11 is 0. The minimum absolute atomic E-state index is 0.0198. The molecule has 3 saturated heterocycles. The Hall–Kier alpha value is -2.78. The number of rotatable bonds is 1. The summed E-state index contributed by atoms with van der Waals surface area (Å²) in [6, 6.07) is 1.84. The van der Waals surface area contributed by atoms with Gasteiger partial charge in [0.25, 0.3) is 5.91 Å². The highest BCUT2D eigenvalue weighted by atomic mass is 19.4. The second-order valence-corrected chi connectivity index (χ2v) is 6.26. The summed E-state index contributed by atoms with van der Waals surface area (Å²) in [5.74, 6) is -0.450. The van der Waals surface area contributed by atoms with Crippen molar-refractivity contribution in [2.24, 2.45) is 0 Å². The number of piperazine rings is 1. The normalized spacial score (nSPS) is 27.6. The van der Waals surface area contributed by atoms with Crippen LogP contribution in [0.1, 0.15) is 12.0 Å². The van der Waals surface area contributed by atoms with Crippen molar-refractivity contribution in [2.75, 3.05) is 11.9 Å². The average Bonchev–Trinajstić information content (AvgIpc) is 3.19. The molecule has 0 saturated carbocycles. The fourth-order valence-corrected chi connectivity index (χ4v) is 3.80. The number of nitrogens with zero attached hydrogens (tertiary/aromatic N) is 2. The van der Waals surface area contributed by atoms with Crippen molar-refractivity contribution in [3.8, 4) is 0 Å². The van der Waals surface area contributed by atoms with E-state index in [1.54, 1.807) is 0 Å². The Morgan fingerprint density at radius 3 is 2.76 bits per heavy atom. The Bertz CT molecular complexity index is 782. The highest BCUT2D eigenvalue weighted by Gasteiger charge is 2.60. The summed E-state index contributed by atoms with van der Waals surface area (Å²) in [5.41, 5.74) is -0.841. The molecule has 5 amide bonds. The summed E-state index contributed by atoms with van der Waals surface area (Å²) in [7, 11) is 0. The van der Waals surface area contributed by atoms with Crippen LogP contribution in [0.15, 0.2) is 24.3 Å². The molecule has 3 atom stereocenters. The molecule has 25 heavy (non-hydrogen) atoms. The maximum Gasteiger partial charge on any atom is 0.416 e. The van der Waals surface area contributed by atoms with Gasteiger partial charge in [-0.2, -0.15) is 13.2 Å². The van der Waals surface area contributed by atoms with Crippen LogP contribution in [0.25, 0.3) is 0 Å². The zero-order valence-electron chi connectivity index (χ0n) is 12.7. The Balaban J connectivity index is 1.50. The first-order valence-electron chi connectivity index (χ1n) is 7.64. The number of anilines is 1. The van der Waals surface area contributed by atoms with E-state index in [9.17, 15) is 27.6 Å². The lowest BCUT2D eigenvalue weighted by molar-refractivity contribution is -0.137. The number of carbonyl (C=O) groups excluding carboxylic acids is 3. The zero-order valence-corrected chi connectivity index (χ0v) is 12.7. The molecule has 0 aromatic heterocycles. The quantitative estimate of drug-likeness (QED) is 0.752. The molecule has 2 N–H and O–H groups in total. The molecule has 3 aliphatic heterocycles. The van der Waals surface area contributed by atoms with E-state index in [2.05, 4.69) is 10.6 Å². The van der Waals surface area contributed by atoms with Crippen LogP contribution in [-0.4, -0.2) is 52.4 Å². The number of hydrogen-bond donors (Lipinski definition) is 2. The van der Waals surface area contributed by atoms with Crippen LogP contribution in [-0.2, 0) is 11.0 Å². The minimum atomic E-state index is -4.50. The van der Waals surface area contributed by atoms with Crippen molar-refractivity contribution < 1.29 is 27.6 Å². The standard InChI is InChI=1S/C15H13F3N4O3/c16-15(17,18)7-2-1-3-8(4-7)19-13(24)21-6-9-5-10(21)11-12(23)20-14(25)22(9)11/h1-4,9-11H,5-6H2,(H,19,24)(H,20,23,25). The number of fused-ring (bicyclic) bond motifs is 5. The lowest BCUT2D eigenvalue weighted by Crippen LogP contribution is -2.55. The highest BCUT2D eigenvalue weighted by Crippen LogP contribution is 2.38. The number of hydrogen-bond acceptors (Lipinski definition) is 3. The Morgan fingerprint density at radius 1 is 1.28 bits per heavy atom. The number of urea groups is 2. The largest absolute Gasteiger partial charge is 0.416 e. The van der Waals surface area contributed by atoms with Gasteiger partial charge in [-0.25, -0.2) is 9.59 Å². The summed E-state index contributed by atoms with van der Waals surface area (Å²) < 4.78 is 38.3. The smallest absolute Gasteiger partial charge is 0.317 e. The van der Waals surface area contributed by atoms with Gasteiger partial charge in [0, 0.05) is 12.2 Å². The third-order valence-electron chi connectivity index (χ3n) is 4.81. The maximum atomic E-state index is 12.8. The summed E-state index contributed by atoms with van der Waals surface area (Å²) in [6.07, 6.45) is -4.02. The number of likely N-dealkylation sites (tertiary alicyclic amines) is 1. The van der Waals surface area contributed by atoms with Crippen molar-refractivity contribution in [1.82, 2.24) is 15.1 Å². The number of benzene rings is 1. The minimum Gasteiger partial charge on any atom is -0.317 e. The van der Waals surface area contributed by atoms with E-state index in [1.165, 1.54) is 21.9 Å². The van der Waals surface area contributed by atoms with Gasteiger partial charge in [-0.1, -0.05) is 6.07 Å². The molecular weight excluding hydrogens is 341 g/mol. The third kappa shape index (κ3) is 2.39. The molecule has 3 aliphatic rings. The Morgan fingerprint density at radius 2 is 2.04 bits per heavy atom. The third-order valence-corrected chi connectivity index (χ3v) is 4.81. The van der Waals surface area contributed by atoms with Gasteiger partial charge in [0.2, 0.25) is 0 Å². The van der Waals surface area contributed by atoms with Crippen LogP contribution in [0, 0.1) is 0 Å². The van der Waals surface area contributed by atoms with Crippen molar-refractivity contribution in [1.29, 1.82) is 0 Å². The van der Waals surface area contributed by atoms with Gasteiger partial charge in [0.15, 0.2) is 0 Å². The lowest BCUT2D eigenvalue weighted by Gasteiger charge is -2.34. The summed E-state index contributed by atoms with van der Waals surface area (Å²) in [5, 5.41) is 4.66. The predicted octanol–water partition coefficient (Wildman–Crippen LogP) is 1.61. The molecule has 132 valence electrons. The SMILES string of the molecule is O=C1NC(=O)N2C3CC(C12)N(C(=O)Nc1cccc(C(F)(F)F)c1)C3. The van der Waals surface area contributed by atoms with Crippen molar-refractivity contribution >= 4 is 23.7 Å². The topological polar surface area (TPSA) is 81.8 Å². The summed E-state index contributed by atoms with van der Waals surface area (Å²) in [4.78, 5) is 38.9. The first-order valence-corrected chi connectivity index (χ1v) is 7.64. The van der Waals surface area contributed by atoms with E-state index >= 15 is 0 Å². The van der Waals surface area contributed by atoms with E-state index < -0.39 is 41.8 Å². The molecule has 2 bridgehead atoms. The molecule has 0 aliphatic carbocycles. The number of alkyl halides is 3. The second kappa shape index (κ2) is 5.11. The van der Waals surface area contributed by atoms with Crippen molar-refractivity contribution in [3.05, 3.63) is 29.8 Å². The molecule has 4 rings (SSSR count). The van der Waals surface area contributed by atoms with Gasteiger partial charge < -0.3 is 15.1 Å². The number of imide groups is 1. The number of carbonyl (C=O) groups is 3. The fourth-order valence-electron chi connectivity index (χ4n) is 3.80. The molecule has 3 unspecified atom stereocenters. The fraction of sp³-hybridized carbons (Fsp3) is 0.400. The summed E-state index contributed by atoms with van der Waals surface area (Å²) in [6.45, 7) is 0.243. The first-order chi connectivity index (χ1) is 11.8. The van der Waals surface area contributed by atoms with E-state index in [1.807, 2.05) is 0 Å². The zero-order chi connectivity index (χ0) is 17.9. The second-order valence-electron chi connectivity index (χ2n) is 6.26. The van der Waals surface area contributed by atoms with Crippen LogP contribution in [0.4, 0.5) is 28.4 Å². The van der Waals surface area contributed by atoms with Crippen molar-refractivity contribution in [3.63, 3.8) is 0 Å². The molecule has 10 heteroatoms. The maximum absolute atomic E-state index is 12.8. The van der Waals surface area contributed by atoms with Gasteiger partial charge in [0.05, 0.1) is 17.6 Å². The molecule has 0 radical (unpaired) electrons. The highest BCUT2D eigenvalue weighted by molar-refractivity contribution is 6.06. The monoisotopic (exact) mass is 354 g/mol. The predicted molar refractivity (Wildman–Crippen MR) is 78.5 cm³/mol. The molecule has 0 spiro atoms. The first kappa shape index (κ1) is 15.7. The van der Waals surface area contributed by atoms with Crippen LogP contribution >= 0.6 is 0 Å². The number of halogens is 3. The van der Waals surface area contributed by atoms with Gasteiger partial charge in [0.1, 0.15) is 6.04 Å². The number of amides is 5. The van der Waals surface area contributed by atoms with Crippen LogP contribution in [0.3, 0.4) is 0 Å². The van der Waals surface area contributed by atoms with Crippen LogP contribution < -0.4 is 10.6 Å². The van der Waals surface area contributed by atoms with Gasteiger partial charge in [-0.3, -0.25) is 10.1 Å². The average molecular weight is 354 g/mol. The molecule has 3 fully saturated rings. The van der Waals surface area contributed by atoms with Gasteiger partial charge >= 0.3 is 18.2 Å². The molecule has 1 aromatic carbocycles. The molecular formula is C15H13F3N4O3. The van der Waals surface area contributed by atoms with Crippen LogP contribution in [0.2, 0.25) is 0 Å². The number of nitrogens with one attached hydrogen (secondary N) is 2. The molecule has 1 aromatic rings. The Labute approximate surface area is 139 Å². The van der Waals surface area contributed by atoms with E-state index in [0.29, 0.717) is 6.42 Å². The molecule has 7 nitrogen and oxygen atoms in total. The van der Waals surface area contributed by atoms with E-state index in [-0.39, 0.29) is 18.3 Å². The molecule has 3 heterocycles. The lowest BCUT2D eigenvalue weighted by atomic mass is 10.1.